The summed E-state index contributed by atoms with van der Waals surface area (Å²) in [5.74, 6) is -0.241. The minimum absolute atomic E-state index is 0.00650. The van der Waals surface area contributed by atoms with Gasteiger partial charge in [0, 0.05) is 25.4 Å². The first-order valence-corrected chi connectivity index (χ1v) is 12.1. The molecule has 0 bridgehead atoms. The summed E-state index contributed by atoms with van der Waals surface area (Å²) < 4.78 is 10.4. The molecule has 0 rings (SSSR count). The second-order valence-electron chi connectivity index (χ2n) is 8.46. The molecule has 3 unspecified atom stereocenters. The summed E-state index contributed by atoms with van der Waals surface area (Å²) >= 11 is 0. The van der Waals surface area contributed by atoms with Gasteiger partial charge in [-0.05, 0) is 44.4 Å². The standard InChI is InChI=1S/C24H46O6/c1-4-6-15-21(5-2)24(28)30-23(27)17-12-11-16-22(26)29-18-13-9-7-8-10-14-20(3)19-25/h20-21,24-25,28H,4-19H2,1-3H3. The maximum absolute atomic E-state index is 11.9. The Morgan fingerprint density at radius 1 is 0.833 bits per heavy atom. The molecule has 0 fully saturated rings. The van der Waals surface area contributed by atoms with E-state index in [2.05, 4.69) is 13.8 Å². The highest BCUT2D eigenvalue weighted by atomic mass is 16.6. The molecule has 0 aromatic heterocycles. The Bertz CT molecular complexity index is 426. The highest BCUT2D eigenvalue weighted by Crippen LogP contribution is 2.18. The van der Waals surface area contributed by atoms with Crippen LogP contribution < -0.4 is 0 Å². The summed E-state index contributed by atoms with van der Waals surface area (Å²) in [4.78, 5) is 23.6. The van der Waals surface area contributed by atoms with Crippen molar-refractivity contribution in [3.05, 3.63) is 0 Å². The lowest BCUT2D eigenvalue weighted by Crippen LogP contribution is -2.26. The molecule has 0 spiro atoms. The van der Waals surface area contributed by atoms with Crippen LogP contribution in [0, 0.1) is 11.8 Å². The molecule has 0 radical (unpaired) electrons. The van der Waals surface area contributed by atoms with Crippen molar-refractivity contribution in [3.63, 3.8) is 0 Å². The molecule has 6 heteroatoms. The fourth-order valence-corrected chi connectivity index (χ4v) is 3.32. The Balaban J connectivity index is 3.62. The van der Waals surface area contributed by atoms with Crippen LogP contribution in [0.25, 0.3) is 0 Å². The lowest BCUT2D eigenvalue weighted by Gasteiger charge is -2.21. The Labute approximate surface area is 183 Å². The Hall–Kier alpha value is -1.14. The first-order valence-electron chi connectivity index (χ1n) is 12.1. The van der Waals surface area contributed by atoms with Gasteiger partial charge in [-0.15, -0.1) is 0 Å². The van der Waals surface area contributed by atoms with Gasteiger partial charge in [-0.2, -0.15) is 0 Å². The second kappa shape index (κ2) is 19.8. The van der Waals surface area contributed by atoms with E-state index in [-0.39, 0.29) is 24.9 Å². The fraction of sp³-hybridized carbons (Fsp3) is 0.917. The van der Waals surface area contributed by atoms with E-state index in [4.69, 9.17) is 14.6 Å². The summed E-state index contributed by atoms with van der Waals surface area (Å²) in [7, 11) is 0. The molecule has 2 N–H and O–H groups in total. The molecule has 3 atom stereocenters. The lowest BCUT2D eigenvalue weighted by molar-refractivity contribution is -0.178. The molecule has 0 amide bonds. The first kappa shape index (κ1) is 28.9. The molecule has 0 saturated heterocycles. The van der Waals surface area contributed by atoms with E-state index in [0.717, 1.165) is 64.2 Å². The molecule has 0 saturated carbocycles. The number of aliphatic hydroxyl groups excluding tert-OH is 2. The molecule has 178 valence electrons. The number of ether oxygens (including phenoxy) is 2. The zero-order valence-electron chi connectivity index (χ0n) is 19.6. The number of aliphatic hydroxyl groups is 2. The van der Waals surface area contributed by atoms with E-state index in [1.807, 2.05) is 6.92 Å². The number of unbranched alkanes of at least 4 members (excludes halogenated alkanes) is 6. The van der Waals surface area contributed by atoms with Crippen molar-refractivity contribution < 1.29 is 29.3 Å². The SMILES string of the molecule is CCCCC(CC)C(O)OC(=O)CCCCC(=O)OCCCCCCCC(C)CO. The van der Waals surface area contributed by atoms with Gasteiger partial charge in [0.15, 0.2) is 0 Å². The van der Waals surface area contributed by atoms with Gasteiger partial charge in [0.05, 0.1) is 6.61 Å². The Kier molecular flexibility index (Phi) is 19.0. The van der Waals surface area contributed by atoms with Gasteiger partial charge >= 0.3 is 11.9 Å². The van der Waals surface area contributed by atoms with Crippen LogP contribution in [-0.4, -0.2) is 41.7 Å². The fourth-order valence-electron chi connectivity index (χ4n) is 3.32. The van der Waals surface area contributed by atoms with Gasteiger partial charge in [-0.3, -0.25) is 9.59 Å². The van der Waals surface area contributed by atoms with Gasteiger partial charge in [-0.25, -0.2) is 0 Å². The van der Waals surface area contributed by atoms with Crippen LogP contribution in [-0.2, 0) is 19.1 Å². The normalized spacial score (nSPS) is 14.2. The van der Waals surface area contributed by atoms with E-state index in [1.165, 1.54) is 0 Å². The predicted octanol–water partition coefficient (Wildman–Crippen LogP) is 5.14. The van der Waals surface area contributed by atoms with Crippen LogP contribution in [0.3, 0.4) is 0 Å². The third-order valence-electron chi connectivity index (χ3n) is 5.54. The summed E-state index contributed by atoms with van der Waals surface area (Å²) in [6.45, 7) is 6.86. The van der Waals surface area contributed by atoms with Crippen molar-refractivity contribution in [2.45, 2.75) is 117 Å². The summed E-state index contributed by atoms with van der Waals surface area (Å²) in [6.07, 6.45) is 10.7. The van der Waals surface area contributed by atoms with Crippen LogP contribution in [0.4, 0.5) is 0 Å². The van der Waals surface area contributed by atoms with Crippen molar-refractivity contribution in [3.8, 4) is 0 Å². The van der Waals surface area contributed by atoms with Gasteiger partial charge in [0.1, 0.15) is 0 Å². The molecule has 0 heterocycles. The van der Waals surface area contributed by atoms with Crippen LogP contribution in [0.5, 0.6) is 0 Å². The summed E-state index contributed by atoms with van der Waals surface area (Å²) in [5, 5.41) is 19.0. The second-order valence-corrected chi connectivity index (χ2v) is 8.46. The Morgan fingerprint density at radius 3 is 2.10 bits per heavy atom. The number of rotatable bonds is 20. The van der Waals surface area contributed by atoms with Gasteiger partial charge < -0.3 is 19.7 Å². The average molecular weight is 431 g/mol. The quantitative estimate of drug-likeness (QED) is 0.158. The maximum atomic E-state index is 11.9. The molecule has 0 aromatic carbocycles. The van der Waals surface area contributed by atoms with E-state index in [9.17, 15) is 14.7 Å². The van der Waals surface area contributed by atoms with Crippen molar-refractivity contribution in [1.82, 2.24) is 0 Å². The molecule has 0 aliphatic carbocycles. The number of hydrogen-bond acceptors (Lipinski definition) is 6. The smallest absolute Gasteiger partial charge is 0.308 e. The molecular formula is C24H46O6. The molecule has 0 aliphatic heterocycles. The lowest BCUT2D eigenvalue weighted by atomic mass is 9.99. The monoisotopic (exact) mass is 430 g/mol. The third kappa shape index (κ3) is 16.6. The van der Waals surface area contributed by atoms with Gasteiger partial charge in [0.25, 0.3) is 0 Å². The highest BCUT2D eigenvalue weighted by molar-refractivity contribution is 5.70. The van der Waals surface area contributed by atoms with E-state index in [0.29, 0.717) is 31.8 Å². The minimum Gasteiger partial charge on any atom is -0.466 e. The van der Waals surface area contributed by atoms with Crippen molar-refractivity contribution in [2.24, 2.45) is 11.8 Å². The third-order valence-corrected chi connectivity index (χ3v) is 5.54. The summed E-state index contributed by atoms with van der Waals surface area (Å²) in [6, 6.07) is 0. The molecule has 0 aromatic rings. The zero-order valence-corrected chi connectivity index (χ0v) is 19.6. The van der Waals surface area contributed by atoms with Crippen LogP contribution in [0.2, 0.25) is 0 Å². The molecule has 6 nitrogen and oxygen atoms in total. The number of carbonyl (C=O) groups excluding carboxylic acids is 2. The van der Waals surface area contributed by atoms with Gasteiger partial charge in [0.2, 0.25) is 6.29 Å². The number of esters is 2. The molecule has 0 aliphatic rings. The predicted molar refractivity (Wildman–Crippen MR) is 119 cm³/mol. The van der Waals surface area contributed by atoms with E-state index < -0.39 is 12.3 Å². The Morgan fingerprint density at radius 2 is 1.47 bits per heavy atom. The van der Waals surface area contributed by atoms with E-state index in [1.54, 1.807) is 0 Å². The van der Waals surface area contributed by atoms with Crippen molar-refractivity contribution >= 4 is 11.9 Å². The number of carbonyl (C=O) groups is 2. The summed E-state index contributed by atoms with van der Waals surface area (Å²) in [5.41, 5.74) is 0. The molecule has 30 heavy (non-hydrogen) atoms. The minimum atomic E-state index is -1.03. The number of hydrogen-bond donors (Lipinski definition) is 2. The van der Waals surface area contributed by atoms with Gasteiger partial charge in [-0.1, -0.05) is 59.3 Å². The highest BCUT2D eigenvalue weighted by Gasteiger charge is 2.20. The largest absolute Gasteiger partial charge is 0.466 e. The first-order chi connectivity index (χ1) is 14.4. The van der Waals surface area contributed by atoms with Crippen LogP contribution >= 0.6 is 0 Å². The van der Waals surface area contributed by atoms with E-state index >= 15 is 0 Å². The molecular weight excluding hydrogens is 384 g/mol. The van der Waals surface area contributed by atoms with Crippen LogP contribution in [0.15, 0.2) is 0 Å². The average Bonchev–Trinajstić information content (AvgIpc) is 2.73. The zero-order chi connectivity index (χ0) is 22.6. The maximum Gasteiger partial charge on any atom is 0.308 e. The van der Waals surface area contributed by atoms with Crippen molar-refractivity contribution in [2.75, 3.05) is 13.2 Å². The topological polar surface area (TPSA) is 93.1 Å². The van der Waals surface area contributed by atoms with Crippen molar-refractivity contribution in [1.29, 1.82) is 0 Å². The van der Waals surface area contributed by atoms with Crippen LogP contribution in [0.1, 0.15) is 111 Å².